The molecule has 3 amide bonds. The molecule has 0 unspecified atom stereocenters. The largest absolute Gasteiger partial charge is 0.481 e. The second-order valence-electron chi connectivity index (χ2n) is 13.1. The molecule has 2 saturated heterocycles. The third kappa shape index (κ3) is 10.9. The van der Waals surface area contributed by atoms with Crippen LogP contribution in [0.2, 0.25) is 0 Å². The molecule has 2 aliphatic rings. The van der Waals surface area contributed by atoms with Crippen molar-refractivity contribution in [3.8, 4) is 11.3 Å². The van der Waals surface area contributed by atoms with Gasteiger partial charge >= 0.3 is 12.1 Å². The number of rotatable bonds is 15. The van der Waals surface area contributed by atoms with Gasteiger partial charge in [0, 0.05) is 56.9 Å². The van der Waals surface area contributed by atoms with Crippen molar-refractivity contribution >= 4 is 29.6 Å². The number of carbonyl (C=O) groups is 4. The van der Waals surface area contributed by atoms with Crippen LogP contribution >= 0.6 is 0 Å². The lowest BCUT2D eigenvalue weighted by Gasteiger charge is -2.36. The lowest BCUT2D eigenvalue weighted by Crippen LogP contribution is -2.56. The van der Waals surface area contributed by atoms with Crippen molar-refractivity contribution in [1.29, 1.82) is 0 Å². The smallest absolute Gasteiger partial charge is 0.409 e. The zero-order valence-electron chi connectivity index (χ0n) is 28.7. The fourth-order valence-electron chi connectivity index (χ4n) is 6.18. The van der Waals surface area contributed by atoms with Gasteiger partial charge in [-0.25, -0.2) is 9.78 Å². The summed E-state index contributed by atoms with van der Waals surface area (Å²) in [7, 11) is 4.19. The van der Waals surface area contributed by atoms with Crippen molar-refractivity contribution in [2.45, 2.75) is 64.3 Å². The van der Waals surface area contributed by atoms with Crippen LogP contribution in [0.15, 0.2) is 42.5 Å². The average Bonchev–Trinajstić information content (AvgIpc) is 3.11. The van der Waals surface area contributed by atoms with Crippen LogP contribution in [0.1, 0.15) is 68.8 Å². The maximum absolute atomic E-state index is 13.8. The number of piperazine rings is 1. The average molecular weight is 665 g/mol. The number of hydrogen-bond donors (Lipinski definition) is 2. The van der Waals surface area contributed by atoms with E-state index in [0.717, 1.165) is 69.4 Å². The van der Waals surface area contributed by atoms with Crippen LogP contribution in [0.3, 0.4) is 0 Å². The molecular formula is C36H52N6O6. The summed E-state index contributed by atoms with van der Waals surface area (Å²) in [5.74, 6) is -1.31. The van der Waals surface area contributed by atoms with Crippen LogP contribution in [0.5, 0.6) is 0 Å². The Morgan fingerprint density at radius 1 is 0.979 bits per heavy atom. The molecule has 2 aliphatic heterocycles. The van der Waals surface area contributed by atoms with E-state index in [9.17, 15) is 24.3 Å². The second kappa shape index (κ2) is 18.4. The summed E-state index contributed by atoms with van der Waals surface area (Å²) in [6.45, 7) is 6.37. The third-order valence-electron chi connectivity index (χ3n) is 9.15. The van der Waals surface area contributed by atoms with Gasteiger partial charge in [0.15, 0.2) is 0 Å². The Kier molecular flexibility index (Phi) is 14.0. The second-order valence-corrected chi connectivity index (χ2v) is 13.1. The molecule has 1 aromatic carbocycles. The molecule has 0 radical (unpaired) electrons. The maximum atomic E-state index is 13.8. The molecule has 4 rings (SSSR count). The van der Waals surface area contributed by atoms with E-state index in [1.54, 1.807) is 15.9 Å². The Balaban J connectivity index is 1.47. The Morgan fingerprint density at radius 3 is 2.31 bits per heavy atom. The van der Waals surface area contributed by atoms with Crippen molar-refractivity contribution < 1.29 is 29.0 Å². The highest BCUT2D eigenvalue weighted by atomic mass is 16.6. The summed E-state index contributed by atoms with van der Waals surface area (Å²) in [4.78, 5) is 63.8. The summed E-state index contributed by atoms with van der Waals surface area (Å²) in [5, 5.41) is 12.2. The van der Waals surface area contributed by atoms with Crippen LogP contribution in [-0.2, 0) is 14.3 Å². The number of nitrogens with one attached hydrogen (secondary N) is 1. The minimum absolute atomic E-state index is 0.0642. The zero-order valence-corrected chi connectivity index (χ0v) is 28.7. The first-order valence-electron chi connectivity index (χ1n) is 17.3. The number of ether oxygens (including phenoxy) is 1. The molecule has 0 saturated carbocycles. The number of carboxylic acids is 1. The number of anilines is 1. The van der Waals surface area contributed by atoms with Crippen molar-refractivity contribution in [2.75, 3.05) is 71.4 Å². The van der Waals surface area contributed by atoms with Gasteiger partial charge < -0.3 is 34.8 Å². The van der Waals surface area contributed by atoms with Crippen LogP contribution in [0.25, 0.3) is 11.3 Å². The predicted octanol–water partition coefficient (Wildman–Crippen LogP) is 4.35. The van der Waals surface area contributed by atoms with Crippen LogP contribution < -0.4 is 10.2 Å². The fraction of sp³-hybridized carbons (Fsp3) is 0.583. The summed E-state index contributed by atoms with van der Waals surface area (Å²) < 4.78 is 5.36. The van der Waals surface area contributed by atoms with E-state index in [-0.39, 0.29) is 37.5 Å². The number of benzene rings is 1. The number of amides is 3. The Bertz CT molecular complexity index is 1360. The number of piperidine rings is 1. The lowest BCUT2D eigenvalue weighted by molar-refractivity contribution is -0.138. The molecule has 48 heavy (non-hydrogen) atoms. The summed E-state index contributed by atoms with van der Waals surface area (Å²) in [6, 6.07) is 12.4. The van der Waals surface area contributed by atoms with Gasteiger partial charge in [-0.2, -0.15) is 0 Å². The Hall–Kier alpha value is -4.19. The summed E-state index contributed by atoms with van der Waals surface area (Å²) >= 11 is 0. The number of carbonyl (C=O) groups excluding carboxylic acids is 3. The molecule has 2 fully saturated rings. The highest BCUT2D eigenvalue weighted by molar-refractivity contribution is 5.97. The Morgan fingerprint density at radius 2 is 1.67 bits per heavy atom. The van der Waals surface area contributed by atoms with E-state index >= 15 is 0 Å². The van der Waals surface area contributed by atoms with Gasteiger partial charge in [-0.15, -0.1) is 0 Å². The Labute approximate surface area is 284 Å². The van der Waals surface area contributed by atoms with E-state index < -0.39 is 24.0 Å². The molecule has 0 spiro atoms. The van der Waals surface area contributed by atoms with Crippen molar-refractivity contribution in [3.63, 3.8) is 0 Å². The number of unbranched alkanes of at least 4 members (excludes halogenated alkanes) is 2. The number of hydrogen-bond acceptors (Lipinski definition) is 8. The fourth-order valence-corrected chi connectivity index (χ4v) is 6.18. The van der Waals surface area contributed by atoms with E-state index in [2.05, 4.69) is 36.1 Å². The van der Waals surface area contributed by atoms with Gasteiger partial charge in [-0.05, 0) is 70.8 Å². The van der Waals surface area contributed by atoms with Gasteiger partial charge in [0.1, 0.15) is 11.7 Å². The molecule has 0 bridgehead atoms. The maximum Gasteiger partial charge on any atom is 0.409 e. The minimum Gasteiger partial charge on any atom is -0.481 e. The van der Waals surface area contributed by atoms with E-state index in [1.165, 1.54) is 0 Å². The zero-order chi connectivity index (χ0) is 34.5. The molecule has 3 heterocycles. The normalized spacial score (nSPS) is 16.1. The quantitative estimate of drug-likeness (QED) is 0.267. The number of pyridine rings is 1. The topological polar surface area (TPSA) is 136 Å². The first-order chi connectivity index (χ1) is 23.1. The van der Waals surface area contributed by atoms with E-state index in [4.69, 9.17) is 9.72 Å². The first kappa shape index (κ1) is 36.6. The van der Waals surface area contributed by atoms with Crippen LogP contribution in [-0.4, -0.2) is 121 Å². The van der Waals surface area contributed by atoms with E-state index in [1.807, 2.05) is 36.4 Å². The van der Waals surface area contributed by atoms with Gasteiger partial charge in [0.05, 0.1) is 12.3 Å². The molecule has 12 heteroatoms. The van der Waals surface area contributed by atoms with Crippen LogP contribution in [0.4, 0.5) is 10.5 Å². The molecule has 262 valence electrons. The van der Waals surface area contributed by atoms with Crippen molar-refractivity contribution in [3.05, 3.63) is 48.2 Å². The standard InChI is InChI=1S/C36H52N6O6/c1-4-5-9-24-48-36(47)42-22-20-41(21-23-42)35(46)30(12-13-33(43)44)38-34(45)32-26-29(25-31(37-32)28-10-7-6-8-11-28)40-18-15-27(16-19-40)14-17-39(2)3/h6-8,10-11,25-27,30H,4-5,9,12-24H2,1-3H3,(H,38,45)(H,43,44)/t30-/m0/s1. The van der Waals surface area contributed by atoms with Gasteiger partial charge in [0.25, 0.3) is 5.91 Å². The monoisotopic (exact) mass is 664 g/mol. The van der Waals surface area contributed by atoms with Gasteiger partial charge in [0.2, 0.25) is 5.91 Å². The van der Waals surface area contributed by atoms with E-state index in [0.29, 0.717) is 31.3 Å². The van der Waals surface area contributed by atoms with Gasteiger partial charge in [-0.3, -0.25) is 14.4 Å². The first-order valence-corrected chi connectivity index (χ1v) is 17.3. The molecule has 1 aromatic heterocycles. The van der Waals surface area contributed by atoms with Crippen molar-refractivity contribution in [2.24, 2.45) is 5.92 Å². The number of aliphatic carboxylic acids is 1. The van der Waals surface area contributed by atoms with Gasteiger partial charge in [-0.1, -0.05) is 50.1 Å². The summed E-state index contributed by atoms with van der Waals surface area (Å²) in [6.07, 6.45) is 5.37. The molecule has 2 aromatic rings. The number of nitrogens with zero attached hydrogens (tertiary/aromatic N) is 5. The number of aromatic nitrogens is 1. The molecular weight excluding hydrogens is 612 g/mol. The third-order valence-corrected chi connectivity index (χ3v) is 9.15. The lowest BCUT2D eigenvalue weighted by atomic mass is 9.93. The van der Waals surface area contributed by atoms with Crippen LogP contribution in [0, 0.1) is 5.92 Å². The molecule has 12 nitrogen and oxygen atoms in total. The minimum atomic E-state index is -1.06. The summed E-state index contributed by atoms with van der Waals surface area (Å²) in [5.41, 5.74) is 2.59. The highest BCUT2D eigenvalue weighted by Gasteiger charge is 2.31. The highest BCUT2D eigenvalue weighted by Crippen LogP contribution is 2.29. The number of carboxylic acid groups (broad SMARTS) is 1. The van der Waals surface area contributed by atoms with Crippen molar-refractivity contribution in [1.82, 2.24) is 25.0 Å². The molecule has 0 aliphatic carbocycles. The predicted molar refractivity (Wildman–Crippen MR) is 185 cm³/mol. The molecule has 1 atom stereocenters. The SMILES string of the molecule is CCCCCOC(=O)N1CCN(C(=O)[C@H](CCC(=O)O)NC(=O)c2cc(N3CCC(CCN(C)C)CC3)cc(-c3ccccc3)n2)CC1. The molecule has 2 N–H and O–H groups in total.